The molecule has 1 fully saturated rings. The average molecular weight is 249 g/mol. The molecule has 0 radical (unpaired) electrons. The van der Waals surface area contributed by atoms with Gasteiger partial charge in [-0.1, -0.05) is 30.9 Å². The van der Waals surface area contributed by atoms with Crippen molar-refractivity contribution in [3.8, 4) is 0 Å². The number of carbonyl (C=O) groups excluding carboxylic acids is 1. The highest BCUT2D eigenvalue weighted by Gasteiger charge is 2.19. The molecule has 18 heavy (non-hydrogen) atoms. The average Bonchev–Trinajstić information content (AvgIpc) is 2.39. The van der Waals surface area contributed by atoms with Crippen LogP contribution >= 0.6 is 0 Å². The van der Waals surface area contributed by atoms with Crippen molar-refractivity contribution in [1.29, 1.82) is 0 Å². The van der Waals surface area contributed by atoms with Gasteiger partial charge in [0, 0.05) is 32.7 Å². The molecule has 4 nitrogen and oxygen atoms in total. The van der Waals surface area contributed by atoms with Crippen LogP contribution in [0.15, 0.2) is 36.5 Å². The molecule has 100 valence electrons. The van der Waals surface area contributed by atoms with Crippen LogP contribution in [0.1, 0.15) is 6.92 Å². The fourth-order valence-corrected chi connectivity index (χ4v) is 2.07. The Labute approximate surface area is 109 Å². The van der Waals surface area contributed by atoms with Crippen LogP contribution in [-0.2, 0) is 4.79 Å². The Bertz CT molecular complexity index is 339. The van der Waals surface area contributed by atoms with E-state index in [1.165, 1.54) is 5.57 Å². The molecule has 1 amide bonds. The molecule has 0 bridgehead atoms. The normalized spacial score (nSPS) is 18.3. The van der Waals surface area contributed by atoms with Crippen LogP contribution in [0.2, 0.25) is 0 Å². The lowest BCUT2D eigenvalue weighted by Gasteiger charge is -2.34. The van der Waals surface area contributed by atoms with Crippen molar-refractivity contribution in [1.82, 2.24) is 9.80 Å². The number of nitrogens with two attached hydrogens (primary N) is 1. The summed E-state index contributed by atoms with van der Waals surface area (Å²) in [6.45, 7) is 10.1. The predicted octanol–water partition coefficient (Wildman–Crippen LogP) is 0.778. The molecule has 0 spiro atoms. The molecular formula is C14H23N3O. The molecule has 0 atom stereocenters. The second-order valence-electron chi connectivity index (χ2n) is 4.34. The number of allylic oxidation sites excluding steroid dienone is 3. The predicted molar refractivity (Wildman–Crippen MR) is 75.2 cm³/mol. The highest BCUT2D eigenvalue weighted by atomic mass is 16.2. The summed E-state index contributed by atoms with van der Waals surface area (Å²) < 4.78 is 0. The van der Waals surface area contributed by atoms with E-state index in [9.17, 15) is 4.79 Å². The van der Waals surface area contributed by atoms with Gasteiger partial charge in [-0.25, -0.2) is 0 Å². The second kappa shape index (κ2) is 7.84. The lowest BCUT2D eigenvalue weighted by atomic mass is 10.2. The van der Waals surface area contributed by atoms with Crippen LogP contribution < -0.4 is 5.73 Å². The number of hydrogen-bond donors (Lipinski definition) is 1. The highest BCUT2D eigenvalue weighted by Crippen LogP contribution is 2.07. The zero-order valence-electron chi connectivity index (χ0n) is 11.1. The van der Waals surface area contributed by atoms with E-state index in [1.807, 2.05) is 30.1 Å². The van der Waals surface area contributed by atoms with Crippen molar-refractivity contribution in [3.63, 3.8) is 0 Å². The third-order valence-electron chi connectivity index (χ3n) is 3.02. The molecule has 0 unspecified atom stereocenters. The Morgan fingerprint density at radius 3 is 2.50 bits per heavy atom. The van der Waals surface area contributed by atoms with Gasteiger partial charge >= 0.3 is 0 Å². The fraction of sp³-hybridized carbons (Fsp3) is 0.500. The first-order chi connectivity index (χ1) is 8.71. The summed E-state index contributed by atoms with van der Waals surface area (Å²) in [4.78, 5) is 15.6. The molecule has 0 aliphatic carbocycles. The van der Waals surface area contributed by atoms with E-state index in [0.717, 1.165) is 32.7 Å². The van der Waals surface area contributed by atoms with Crippen LogP contribution in [0.25, 0.3) is 0 Å². The Morgan fingerprint density at radius 1 is 1.33 bits per heavy atom. The van der Waals surface area contributed by atoms with Crippen LogP contribution in [-0.4, -0.2) is 55.0 Å². The molecule has 1 saturated heterocycles. The summed E-state index contributed by atoms with van der Waals surface area (Å²) in [5.41, 5.74) is 6.60. The summed E-state index contributed by atoms with van der Waals surface area (Å²) in [5.74, 6) is 0.0463. The number of piperazine rings is 1. The summed E-state index contributed by atoms with van der Waals surface area (Å²) in [5, 5.41) is 0. The lowest BCUT2D eigenvalue weighted by molar-refractivity contribution is -0.131. The Balaban J connectivity index is 2.45. The zero-order chi connectivity index (χ0) is 13.4. The Hall–Kier alpha value is -1.39. The summed E-state index contributed by atoms with van der Waals surface area (Å²) >= 11 is 0. The van der Waals surface area contributed by atoms with Crippen molar-refractivity contribution < 1.29 is 4.79 Å². The minimum atomic E-state index is 0.0463. The minimum absolute atomic E-state index is 0.0463. The van der Waals surface area contributed by atoms with E-state index < -0.39 is 0 Å². The molecule has 0 aromatic carbocycles. The molecule has 4 heteroatoms. The molecule has 0 aromatic heterocycles. The quantitative estimate of drug-likeness (QED) is 0.733. The van der Waals surface area contributed by atoms with Crippen molar-refractivity contribution >= 4 is 5.91 Å². The first-order valence-corrected chi connectivity index (χ1v) is 6.35. The lowest BCUT2D eigenvalue weighted by Crippen LogP contribution is -2.50. The fourth-order valence-electron chi connectivity index (χ4n) is 2.07. The van der Waals surface area contributed by atoms with Crippen LogP contribution in [0.4, 0.5) is 0 Å². The smallest absolute Gasteiger partial charge is 0.236 e. The maximum Gasteiger partial charge on any atom is 0.236 e. The molecule has 1 rings (SSSR count). The zero-order valence-corrected chi connectivity index (χ0v) is 11.1. The van der Waals surface area contributed by atoms with Gasteiger partial charge in [-0.2, -0.15) is 0 Å². The molecular weight excluding hydrogens is 226 g/mol. The van der Waals surface area contributed by atoms with Gasteiger partial charge in [-0.05, 0) is 12.5 Å². The van der Waals surface area contributed by atoms with Gasteiger partial charge in [0.1, 0.15) is 0 Å². The first kappa shape index (κ1) is 14.7. The maximum atomic E-state index is 11.4. The number of nitrogens with zero attached hydrogens (tertiary/aromatic N) is 2. The Kier molecular flexibility index (Phi) is 6.39. The van der Waals surface area contributed by atoms with Gasteiger partial charge < -0.3 is 10.6 Å². The van der Waals surface area contributed by atoms with Crippen molar-refractivity contribution in [2.24, 2.45) is 5.73 Å². The standard InChI is InChI=1S/C14H23N3O/c1-3-5-13(6-4-2)12-16-7-9-17(10-8-16)14(18)11-15/h3-6H,1,7-12,15H2,2H3/b6-4-,13-5+. The van der Waals surface area contributed by atoms with Gasteiger partial charge in [0.2, 0.25) is 5.91 Å². The summed E-state index contributed by atoms with van der Waals surface area (Å²) in [7, 11) is 0. The van der Waals surface area contributed by atoms with Crippen molar-refractivity contribution in [3.05, 3.63) is 36.5 Å². The van der Waals surface area contributed by atoms with E-state index in [2.05, 4.69) is 17.6 Å². The summed E-state index contributed by atoms with van der Waals surface area (Å²) in [6, 6.07) is 0. The number of rotatable bonds is 5. The van der Waals surface area contributed by atoms with Crippen LogP contribution in [0, 0.1) is 0 Å². The number of amides is 1. The third-order valence-corrected chi connectivity index (χ3v) is 3.02. The van der Waals surface area contributed by atoms with E-state index in [4.69, 9.17) is 5.73 Å². The molecule has 1 heterocycles. The SMILES string of the molecule is C=C/C=C(\C=C/C)CN1CCN(C(=O)CN)CC1. The monoisotopic (exact) mass is 249 g/mol. The molecule has 0 saturated carbocycles. The topological polar surface area (TPSA) is 49.6 Å². The maximum absolute atomic E-state index is 11.4. The minimum Gasteiger partial charge on any atom is -0.339 e. The van der Waals surface area contributed by atoms with Gasteiger partial charge in [-0.3, -0.25) is 9.69 Å². The van der Waals surface area contributed by atoms with E-state index in [-0.39, 0.29) is 12.5 Å². The van der Waals surface area contributed by atoms with Crippen LogP contribution in [0.3, 0.4) is 0 Å². The largest absolute Gasteiger partial charge is 0.339 e. The van der Waals surface area contributed by atoms with Gasteiger partial charge in [0.05, 0.1) is 6.54 Å². The molecule has 1 aliphatic rings. The van der Waals surface area contributed by atoms with Crippen LogP contribution in [0.5, 0.6) is 0 Å². The highest BCUT2D eigenvalue weighted by molar-refractivity contribution is 5.78. The van der Waals surface area contributed by atoms with E-state index >= 15 is 0 Å². The van der Waals surface area contributed by atoms with Gasteiger partial charge in [0.15, 0.2) is 0 Å². The Morgan fingerprint density at radius 2 is 2.00 bits per heavy atom. The summed E-state index contributed by atoms with van der Waals surface area (Å²) in [6.07, 6.45) is 7.96. The van der Waals surface area contributed by atoms with E-state index in [1.54, 1.807) is 0 Å². The first-order valence-electron chi connectivity index (χ1n) is 6.35. The second-order valence-corrected chi connectivity index (χ2v) is 4.34. The van der Waals surface area contributed by atoms with Crippen molar-refractivity contribution in [2.45, 2.75) is 6.92 Å². The third kappa shape index (κ3) is 4.47. The molecule has 0 aromatic rings. The molecule has 1 aliphatic heterocycles. The van der Waals surface area contributed by atoms with Gasteiger partial charge in [0.25, 0.3) is 0 Å². The number of carbonyl (C=O) groups is 1. The van der Waals surface area contributed by atoms with E-state index in [0.29, 0.717) is 0 Å². The molecule has 2 N–H and O–H groups in total. The van der Waals surface area contributed by atoms with Gasteiger partial charge in [-0.15, -0.1) is 0 Å². The number of hydrogen-bond acceptors (Lipinski definition) is 3. The van der Waals surface area contributed by atoms with Crippen molar-refractivity contribution in [2.75, 3.05) is 39.3 Å².